The molecule has 2 nitrogen and oxygen atoms in total. The molecule has 1 spiro atoms. The van der Waals surface area contributed by atoms with Crippen molar-refractivity contribution in [3.05, 3.63) is 0 Å². The smallest absolute Gasteiger partial charge is 0.00190 e. The minimum atomic E-state index is 0.811. The first-order valence-corrected chi connectivity index (χ1v) is 6.69. The van der Waals surface area contributed by atoms with Gasteiger partial charge in [0.25, 0.3) is 0 Å². The SMILES string of the molecule is CN1CCC(C2CC23CCNCC3)CC1. The van der Waals surface area contributed by atoms with Gasteiger partial charge in [-0.3, -0.25) is 0 Å². The first-order valence-electron chi connectivity index (χ1n) is 6.69. The Bertz CT molecular complexity index is 225. The third-order valence-electron chi connectivity index (χ3n) is 5.18. The van der Waals surface area contributed by atoms with Crippen LogP contribution in [0.15, 0.2) is 0 Å². The summed E-state index contributed by atoms with van der Waals surface area (Å²) in [6.45, 7) is 5.25. The minimum Gasteiger partial charge on any atom is -0.317 e. The van der Waals surface area contributed by atoms with Gasteiger partial charge in [0.2, 0.25) is 0 Å². The highest BCUT2D eigenvalue weighted by molar-refractivity contribution is 5.07. The van der Waals surface area contributed by atoms with E-state index in [4.69, 9.17) is 0 Å². The molecule has 0 bridgehead atoms. The molecule has 0 aromatic heterocycles. The molecule has 2 heteroatoms. The molecular weight excluding hydrogens is 184 g/mol. The molecule has 0 aromatic carbocycles. The Morgan fingerprint density at radius 2 is 1.80 bits per heavy atom. The molecule has 15 heavy (non-hydrogen) atoms. The molecule has 1 unspecified atom stereocenters. The molecule has 3 aliphatic rings. The quantitative estimate of drug-likeness (QED) is 0.706. The molecule has 3 fully saturated rings. The van der Waals surface area contributed by atoms with Crippen molar-refractivity contribution < 1.29 is 0 Å². The number of hydrogen-bond acceptors (Lipinski definition) is 2. The highest BCUT2D eigenvalue weighted by atomic mass is 15.1. The van der Waals surface area contributed by atoms with Gasteiger partial charge < -0.3 is 10.2 Å². The molecule has 1 aliphatic carbocycles. The van der Waals surface area contributed by atoms with Crippen molar-refractivity contribution in [1.29, 1.82) is 0 Å². The van der Waals surface area contributed by atoms with Gasteiger partial charge in [0, 0.05) is 0 Å². The van der Waals surface area contributed by atoms with Crippen LogP contribution in [0.4, 0.5) is 0 Å². The average molecular weight is 208 g/mol. The van der Waals surface area contributed by atoms with Gasteiger partial charge in [-0.2, -0.15) is 0 Å². The number of rotatable bonds is 1. The van der Waals surface area contributed by atoms with E-state index >= 15 is 0 Å². The Labute approximate surface area is 93.4 Å². The molecular formula is C13H24N2. The van der Waals surface area contributed by atoms with E-state index in [1.807, 2.05) is 0 Å². The Hall–Kier alpha value is -0.0800. The fourth-order valence-corrected chi connectivity index (χ4v) is 3.98. The lowest BCUT2D eigenvalue weighted by Crippen LogP contribution is -2.34. The van der Waals surface area contributed by atoms with Crippen molar-refractivity contribution in [3.63, 3.8) is 0 Å². The molecule has 0 amide bonds. The second kappa shape index (κ2) is 3.74. The van der Waals surface area contributed by atoms with Crippen LogP contribution >= 0.6 is 0 Å². The third-order valence-corrected chi connectivity index (χ3v) is 5.18. The van der Waals surface area contributed by atoms with Gasteiger partial charge in [-0.1, -0.05) is 0 Å². The number of piperidine rings is 2. The summed E-state index contributed by atoms with van der Waals surface area (Å²) < 4.78 is 0. The van der Waals surface area contributed by atoms with Crippen molar-refractivity contribution in [2.45, 2.75) is 32.1 Å². The molecule has 0 aromatic rings. The molecule has 86 valence electrons. The van der Waals surface area contributed by atoms with E-state index in [0.29, 0.717) is 0 Å². The highest BCUT2D eigenvalue weighted by Crippen LogP contribution is 2.63. The molecule has 2 saturated heterocycles. The summed E-state index contributed by atoms with van der Waals surface area (Å²) in [6, 6.07) is 0. The van der Waals surface area contributed by atoms with Crippen LogP contribution in [0.2, 0.25) is 0 Å². The Morgan fingerprint density at radius 1 is 1.13 bits per heavy atom. The highest BCUT2D eigenvalue weighted by Gasteiger charge is 2.56. The topological polar surface area (TPSA) is 15.3 Å². The second-order valence-electron chi connectivity index (χ2n) is 6.06. The summed E-state index contributed by atoms with van der Waals surface area (Å²) in [6.07, 6.45) is 7.42. The lowest BCUT2D eigenvalue weighted by molar-refractivity contribution is 0.178. The zero-order valence-electron chi connectivity index (χ0n) is 9.97. The monoisotopic (exact) mass is 208 g/mol. The zero-order chi connectivity index (χ0) is 10.3. The first kappa shape index (κ1) is 10.1. The van der Waals surface area contributed by atoms with Crippen molar-refractivity contribution in [2.24, 2.45) is 17.3 Å². The van der Waals surface area contributed by atoms with Gasteiger partial charge in [0.05, 0.1) is 0 Å². The van der Waals surface area contributed by atoms with Crippen LogP contribution in [0, 0.1) is 17.3 Å². The predicted octanol–water partition coefficient (Wildman–Crippen LogP) is 1.72. The van der Waals surface area contributed by atoms with Gasteiger partial charge in [-0.05, 0) is 82.6 Å². The lowest BCUT2D eigenvalue weighted by Gasteiger charge is -2.32. The van der Waals surface area contributed by atoms with Crippen molar-refractivity contribution in [1.82, 2.24) is 10.2 Å². The molecule has 1 N–H and O–H groups in total. The number of nitrogens with zero attached hydrogens (tertiary/aromatic N) is 1. The van der Waals surface area contributed by atoms with E-state index in [2.05, 4.69) is 17.3 Å². The largest absolute Gasteiger partial charge is 0.317 e. The van der Waals surface area contributed by atoms with Gasteiger partial charge in [0.15, 0.2) is 0 Å². The molecule has 2 aliphatic heterocycles. The number of hydrogen-bond donors (Lipinski definition) is 1. The first-order chi connectivity index (χ1) is 7.30. The minimum absolute atomic E-state index is 0.811. The van der Waals surface area contributed by atoms with Crippen molar-refractivity contribution in [3.8, 4) is 0 Å². The zero-order valence-corrected chi connectivity index (χ0v) is 9.97. The molecule has 1 atom stereocenters. The molecule has 3 rings (SSSR count). The predicted molar refractivity (Wildman–Crippen MR) is 62.9 cm³/mol. The van der Waals surface area contributed by atoms with E-state index in [0.717, 1.165) is 17.3 Å². The summed E-state index contributed by atoms with van der Waals surface area (Å²) in [4.78, 5) is 2.49. The third kappa shape index (κ3) is 1.83. The Morgan fingerprint density at radius 3 is 2.47 bits per heavy atom. The standard InChI is InChI=1S/C13H24N2/c1-15-8-2-11(3-9-15)12-10-13(12)4-6-14-7-5-13/h11-12,14H,2-10H2,1H3. The van der Waals surface area contributed by atoms with Gasteiger partial charge in [0.1, 0.15) is 0 Å². The molecule has 2 heterocycles. The van der Waals surface area contributed by atoms with E-state index < -0.39 is 0 Å². The van der Waals surface area contributed by atoms with E-state index in [-0.39, 0.29) is 0 Å². The van der Waals surface area contributed by atoms with Crippen LogP contribution in [0.25, 0.3) is 0 Å². The number of nitrogens with one attached hydrogen (secondary N) is 1. The van der Waals surface area contributed by atoms with Gasteiger partial charge in [-0.15, -0.1) is 0 Å². The van der Waals surface area contributed by atoms with E-state index in [9.17, 15) is 0 Å². The summed E-state index contributed by atoms with van der Waals surface area (Å²) in [5, 5.41) is 3.50. The summed E-state index contributed by atoms with van der Waals surface area (Å²) >= 11 is 0. The van der Waals surface area contributed by atoms with Gasteiger partial charge in [-0.25, -0.2) is 0 Å². The average Bonchev–Trinajstić information content (AvgIpc) is 2.94. The lowest BCUT2D eigenvalue weighted by atomic mass is 9.83. The number of likely N-dealkylation sites (tertiary alicyclic amines) is 1. The van der Waals surface area contributed by atoms with E-state index in [1.165, 1.54) is 51.9 Å². The summed E-state index contributed by atoms with van der Waals surface area (Å²) in [5.74, 6) is 2.17. The maximum Gasteiger partial charge on any atom is -0.00190 e. The fraction of sp³-hybridized carbons (Fsp3) is 1.00. The van der Waals surface area contributed by atoms with Crippen LogP contribution in [0.5, 0.6) is 0 Å². The summed E-state index contributed by atoms with van der Waals surface area (Å²) in [5.41, 5.74) is 0.811. The summed E-state index contributed by atoms with van der Waals surface area (Å²) in [7, 11) is 2.27. The van der Waals surface area contributed by atoms with E-state index in [1.54, 1.807) is 6.42 Å². The van der Waals surface area contributed by atoms with Gasteiger partial charge >= 0.3 is 0 Å². The molecule has 0 radical (unpaired) electrons. The Balaban J connectivity index is 1.56. The molecule has 1 saturated carbocycles. The van der Waals surface area contributed by atoms with Crippen LogP contribution in [-0.4, -0.2) is 38.1 Å². The second-order valence-corrected chi connectivity index (χ2v) is 6.06. The maximum atomic E-state index is 3.50. The normalized spacial score (nSPS) is 37.0. The van der Waals surface area contributed by atoms with Crippen molar-refractivity contribution >= 4 is 0 Å². The van der Waals surface area contributed by atoms with Crippen LogP contribution in [-0.2, 0) is 0 Å². The van der Waals surface area contributed by atoms with Crippen molar-refractivity contribution in [2.75, 3.05) is 33.2 Å². The van der Waals surface area contributed by atoms with Crippen LogP contribution < -0.4 is 5.32 Å². The maximum absolute atomic E-state index is 3.50. The van der Waals surface area contributed by atoms with Crippen LogP contribution in [0.1, 0.15) is 32.1 Å². The fourth-order valence-electron chi connectivity index (χ4n) is 3.98. The van der Waals surface area contributed by atoms with Crippen LogP contribution in [0.3, 0.4) is 0 Å². The Kier molecular flexibility index (Phi) is 2.52.